The van der Waals surface area contributed by atoms with Crippen molar-refractivity contribution in [3.63, 3.8) is 0 Å². The molecule has 1 aromatic carbocycles. The van der Waals surface area contributed by atoms with Gasteiger partial charge in [-0.2, -0.15) is 0 Å². The van der Waals surface area contributed by atoms with Gasteiger partial charge in [0.2, 0.25) is 0 Å². The molecule has 1 saturated heterocycles. The molecule has 1 aromatic rings. The fourth-order valence-corrected chi connectivity index (χ4v) is 6.96. The molecule has 0 aromatic heterocycles. The van der Waals surface area contributed by atoms with Gasteiger partial charge in [-0.25, -0.2) is 8.78 Å². The van der Waals surface area contributed by atoms with Crippen LogP contribution in [0.4, 0.5) is 8.78 Å². The van der Waals surface area contributed by atoms with E-state index in [9.17, 15) is 9.18 Å². The van der Waals surface area contributed by atoms with Gasteiger partial charge in [-0.15, -0.1) is 0 Å². The molecule has 3 aliphatic carbocycles. The minimum atomic E-state index is -1.00. The van der Waals surface area contributed by atoms with Gasteiger partial charge in [0.1, 0.15) is 17.7 Å². The third-order valence-corrected chi connectivity index (χ3v) is 8.05. The van der Waals surface area contributed by atoms with Crippen LogP contribution in [0.3, 0.4) is 0 Å². The fraction of sp³-hybridized carbons (Fsp3) is 0.731. The second kappa shape index (κ2) is 8.04. The number of hydrogen-bond donors (Lipinski definition) is 0. The van der Waals surface area contributed by atoms with Gasteiger partial charge in [-0.1, -0.05) is 13.8 Å². The lowest BCUT2D eigenvalue weighted by atomic mass is 9.57. The predicted molar refractivity (Wildman–Crippen MR) is 117 cm³/mol. The molecule has 3 unspecified atom stereocenters. The molecule has 31 heavy (non-hydrogen) atoms. The number of carbonyl (C=O) groups excluding carboxylic acids is 1. The maximum absolute atomic E-state index is 15.0. The molecule has 4 aliphatic rings. The quantitative estimate of drug-likeness (QED) is 0.562. The first-order valence-electron chi connectivity index (χ1n) is 12.2. The third kappa shape index (κ3) is 4.34. The number of halogens is 2. The molecular weight excluding hydrogens is 396 g/mol. The molecule has 170 valence electrons. The van der Waals surface area contributed by atoms with Gasteiger partial charge in [0.25, 0.3) is 5.91 Å². The number of fused-ring (bicyclic) bond motifs is 2. The molecule has 2 bridgehead atoms. The SMILES string of the molecule is CC1CC2CC(C)CC(COc3cc(F)c(C(=O)N4CCC(F)C4)cc3C3CC3)(C1)C2. The van der Waals surface area contributed by atoms with E-state index in [1.54, 1.807) is 6.07 Å². The van der Waals surface area contributed by atoms with Gasteiger partial charge in [0.05, 0.1) is 18.7 Å². The van der Waals surface area contributed by atoms with E-state index in [2.05, 4.69) is 13.8 Å². The Labute approximate surface area is 184 Å². The number of carbonyl (C=O) groups is 1. The number of benzene rings is 1. The van der Waals surface area contributed by atoms with Crippen molar-refractivity contribution >= 4 is 5.91 Å². The van der Waals surface area contributed by atoms with Crippen molar-refractivity contribution in [3.05, 3.63) is 29.1 Å². The first-order valence-corrected chi connectivity index (χ1v) is 12.2. The fourth-order valence-electron chi connectivity index (χ4n) is 6.96. The van der Waals surface area contributed by atoms with Gasteiger partial charge in [0.15, 0.2) is 0 Å². The Balaban J connectivity index is 1.37. The van der Waals surface area contributed by atoms with Crippen LogP contribution >= 0.6 is 0 Å². The maximum atomic E-state index is 15.0. The van der Waals surface area contributed by atoms with Gasteiger partial charge < -0.3 is 9.64 Å². The van der Waals surface area contributed by atoms with Crippen LogP contribution in [-0.4, -0.2) is 36.7 Å². The van der Waals surface area contributed by atoms with Crippen molar-refractivity contribution in [1.29, 1.82) is 0 Å². The zero-order valence-corrected chi connectivity index (χ0v) is 18.8. The van der Waals surface area contributed by atoms with Crippen LogP contribution in [0.15, 0.2) is 12.1 Å². The Morgan fingerprint density at radius 1 is 1.13 bits per heavy atom. The van der Waals surface area contributed by atoms with Crippen LogP contribution in [0.1, 0.15) is 87.1 Å². The molecular formula is C26H35F2NO2. The van der Waals surface area contributed by atoms with Crippen LogP contribution in [-0.2, 0) is 0 Å². The van der Waals surface area contributed by atoms with Gasteiger partial charge >= 0.3 is 0 Å². The van der Waals surface area contributed by atoms with Crippen molar-refractivity contribution in [2.24, 2.45) is 23.2 Å². The highest BCUT2D eigenvalue weighted by atomic mass is 19.1. The molecule has 3 nitrogen and oxygen atoms in total. The number of hydrogen-bond acceptors (Lipinski definition) is 2. The smallest absolute Gasteiger partial charge is 0.256 e. The van der Waals surface area contributed by atoms with E-state index in [0.717, 1.165) is 24.3 Å². The molecule has 4 fully saturated rings. The molecule has 0 radical (unpaired) electrons. The number of nitrogens with zero attached hydrogens (tertiary/aromatic N) is 1. The van der Waals surface area contributed by atoms with E-state index in [1.807, 2.05) is 0 Å². The molecule has 0 N–H and O–H groups in total. The zero-order valence-electron chi connectivity index (χ0n) is 18.8. The van der Waals surface area contributed by atoms with E-state index in [4.69, 9.17) is 4.74 Å². The molecule has 5 rings (SSSR count). The Morgan fingerprint density at radius 2 is 1.84 bits per heavy atom. The molecule has 0 spiro atoms. The second-order valence-corrected chi connectivity index (χ2v) is 11.2. The summed E-state index contributed by atoms with van der Waals surface area (Å²) in [5.74, 6) is 2.24. The van der Waals surface area contributed by atoms with E-state index in [0.29, 0.717) is 43.1 Å². The average molecular weight is 432 g/mol. The first kappa shape index (κ1) is 21.2. The second-order valence-electron chi connectivity index (χ2n) is 11.2. The Kier molecular flexibility index (Phi) is 5.50. The maximum Gasteiger partial charge on any atom is 0.256 e. The predicted octanol–water partition coefficient (Wildman–Crippen LogP) is 6.12. The number of ether oxygens (including phenoxy) is 1. The molecule has 3 atom stereocenters. The standard InChI is InChI=1S/C26H35F2NO2/c1-16-7-18-8-17(2)12-26(11-16,13-18)15-31-24-10-23(28)22(9-21(24)19-3-4-19)25(30)29-6-5-20(27)14-29/h9-10,16-20H,3-8,11-15H2,1-2H3. The summed E-state index contributed by atoms with van der Waals surface area (Å²) in [5.41, 5.74) is 1.22. The molecule has 1 heterocycles. The summed E-state index contributed by atoms with van der Waals surface area (Å²) >= 11 is 0. The van der Waals surface area contributed by atoms with Crippen molar-refractivity contribution in [1.82, 2.24) is 4.90 Å². The Hall–Kier alpha value is -1.65. The number of likely N-dealkylation sites (tertiary alicyclic amines) is 1. The number of amides is 1. The summed E-state index contributed by atoms with van der Waals surface area (Å²) in [5, 5.41) is 0. The van der Waals surface area contributed by atoms with E-state index in [1.165, 1.54) is 43.1 Å². The lowest BCUT2D eigenvalue weighted by molar-refractivity contribution is -0.0167. The Morgan fingerprint density at radius 3 is 2.45 bits per heavy atom. The summed E-state index contributed by atoms with van der Waals surface area (Å²) in [4.78, 5) is 14.3. The van der Waals surface area contributed by atoms with Crippen LogP contribution in [0.5, 0.6) is 5.75 Å². The van der Waals surface area contributed by atoms with Crippen molar-refractivity contribution in [2.45, 2.75) is 77.3 Å². The van der Waals surface area contributed by atoms with Crippen LogP contribution in [0.2, 0.25) is 0 Å². The minimum Gasteiger partial charge on any atom is -0.493 e. The van der Waals surface area contributed by atoms with E-state index in [-0.39, 0.29) is 17.5 Å². The molecule has 1 aliphatic heterocycles. The third-order valence-electron chi connectivity index (χ3n) is 8.05. The van der Waals surface area contributed by atoms with Crippen molar-refractivity contribution < 1.29 is 18.3 Å². The lowest BCUT2D eigenvalue weighted by Crippen LogP contribution is -2.43. The van der Waals surface area contributed by atoms with Crippen LogP contribution < -0.4 is 4.74 Å². The number of alkyl halides is 1. The average Bonchev–Trinajstić information content (AvgIpc) is 3.45. The minimum absolute atomic E-state index is 0.0648. The molecule has 1 amide bonds. The number of rotatable bonds is 5. The van der Waals surface area contributed by atoms with E-state index < -0.39 is 17.9 Å². The van der Waals surface area contributed by atoms with Gasteiger partial charge in [-0.05, 0) is 86.7 Å². The molecule has 3 saturated carbocycles. The summed E-state index contributed by atoms with van der Waals surface area (Å²) in [6, 6.07) is 3.13. The van der Waals surface area contributed by atoms with Gasteiger partial charge in [-0.3, -0.25) is 4.79 Å². The Bertz CT molecular complexity index is 833. The molecule has 5 heteroatoms. The summed E-state index contributed by atoms with van der Waals surface area (Å²) in [6.07, 6.45) is 7.66. The highest BCUT2D eigenvalue weighted by Crippen LogP contribution is 2.53. The highest BCUT2D eigenvalue weighted by molar-refractivity contribution is 5.95. The first-order chi connectivity index (χ1) is 14.8. The van der Waals surface area contributed by atoms with E-state index >= 15 is 4.39 Å². The highest BCUT2D eigenvalue weighted by Gasteiger charge is 2.45. The van der Waals surface area contributed by atoms with Gasteiger partial charge in [0, 0.05) is 18.0 Å². The van der Waals surface area contributed by atoms with Crippen molar-refractivity contribution in [3.8, 4) is 5.75 Å². The summed E-state index contributed by atoms with van der Waals surface area (Å²) < 4.78 is 35.0. The lowest BCUT2D eigenvalue weighted by Gasteiger charge is -2.49. The zero-order chi connectivity index (χ0) is 21.8. The summed E-state index contributed by atoms with van der Waals surface area (Å²) in [7, 11) is 0. The van der Waals surface area contributed by atoms with Crippen molar-refractivity contribution in [2.75, 3.05) is 19.7 Å². The summed E-state index contributed by atoms with van der Waals surface area (Å²) in [6.45, 7) is 5.77. The normalized spacial score (nSPS) is 35.3. The van der Waals surface area contributed by atoms with Crippen LogP contribution in [0.25, 0.3) is 0 Å². The largest absolute Gasteiger partial charge is 0.493 e. The van der Waals surface area contributed by atoms with Crippen LogP contribution in [0, 0.1) is 29.0 Å². The topological polar surface area (TPSA) is 29.5 Å². The monoisotopic (exact) mass is 431 g/mol.